The van der Waals surface area contributed by atoms with Crippen LogP contribution in [0.25, 0.3) is 11.1 Å². The van der Waals surface area contributed by atoms with Crippen molar-refractivity contribution in [3.8, 4) is 11.1 Å². The van der Waals surface area contributed by atoms with Gasteiger partial charge in [0.05, 0.1) is 0 Å². The Labute approximate surface area is 159 Å². The predicted octanol–water partition coefficient (Wildman–Crippen LogP) is 7.33. The Kier molecular flexibility index (Phi) is 5.29. The van der Waals surface area contributed by atoms with Gasteiger partial charge < -0.3 is 0 Å². The standard InChI is InChI=1S/C26H32/c1-3-19-5-8-21(9-6-19)22-11-13-23(14-12-22)25-16-15-24-17-20(4-2)7-10-26(24)18-25/h3,11-16,18-21H,1,4-10,17H2,2H3. The summed E-state index contributed by atoms with van der Waals surface area (Å²) in [5.41, 5.74) is 7.45. The van der Waals surface area contributed by atoms with E-state index < -0.39 is 0 Å². The van der Waals surface area contributed by atoms with Crippen LogP contribution in [0, 0.1) is 11.8 Å². The first-order valence-electron chi connectivity index (χ1n) is 10.6. The van der Waals surface area contributed by atoms with Gasteiger partial charge >= 0.3 is 0 Å². The Hall–Kier alpha value is -1.82. The molecule has 1 atom stereocenters. The lowest BCUT2D eigenvalue weighted by atomic mass is 9.78. The van der Waals surface area contributed by atoms with Crippen LogP contribution in [-0.2, 0) is 12.8 Å². The highest BCUT2D eigenvalue weighted by Crippen LogP contribution is 2.37. The molecule has 2 aliphatic rings. The molecule has 0 nitrogen and oxygen atoms in total. The highest BCUT2D eigenvalue weighted by molar-refractivity contribution is 5.65. The molecule has 1 saturated carbocycles. The average Bonchev–Trinajstić information content (AvgIpc) is 2.73. The normalized spacial score (nSPS) is 25.5. The molecular weight excluding hydrogens is 312 g/mol. The predicted molar refractivity (Wildman–Crippen MR) is 113 cm³/mol. The molecule has 1 fully saturated rings. The van der Waals surface area contributed by atoms with Crippen molar-refractivity contribution in [1.82, 2.24) is 0 Å². The van der Waals surface area contributed by atoms with Gasteiger partial charge in [0.25, 0.3) is 0 Å². The van der Waals surface area contributed by atoms with Crippen LogP contribution in [0.3, 0.4) is 0 Å². The van der Waals surface area contributed by atoms with Crippen LogP contribution in [0.1, 0.15) is 68.1 Å². The van der Waals surface area contributed by atoms with Crippen molar-refractivity contribution in [3.63, 3.8) is 0 Å². The van der Waals surface area contributed by atoms with Crippen LogP contribution in [-0.4, -0.2) is 0 Å². The van der Waals surface area contributed by atoms with Crippen molar-refractivity contribution in [2.24, 2.45) is 11.8 Å². The van der Waals surface area contributed by atoms with E-state index >= 15 is 0 Å². The zero-order valence-corrected chi connectivity index (χ0v) is 16.2. The van der Waals surface area contributed by atoms with Crippen LogP contribution >= 0.6 is 0 Å². The smallest absolute Gasteiger partial charge is 0.0162 e. The minimum Gasteiger partial charge on any atom is -0.103 e. The maximum absolute atomic E-state index is 3.97. The number of hydrogen-bond acceptors (Lipinski definition) is 0. The van der Waals surface area contributed by atoms with Gasteiger partial charge in [0.1, 0.15) is 0 Å². The molecule has 136 valence electrons. The van der Waals surface area contributed by atoms with E-state index in [4.69, 9.17) is 0 Å². The number of fused-ring (bicyclic) bond motifs is 1. The van der Waals surface area contributed by atoms with Crippen molar-refractivity contribution in [2.45, 2.75) is 64.2 Å². The Bertz CT molecular complexity index is 744. The van der Waals surface area contributed by atoms with Gasteiger partial charge in [-0.05, 0) is 90.5 Å². The number of aryl methyl sites for hydroxylation is 1. The van der Waals surface area contributed by atoms with Gasteiger partial charge in [-0.2, -0.15) is 0 Å². The molecule has 2 aliphatic carbocycles. The molecule has 0 saturated heterocycles. The minimum atomic E-state index is 0.744. The Morgan fingerprint density at radius 2 is 1.62 bits per heavy atom. The van der Waals surface area contributed by atoms with Crippen molar-refractivity contribution < 1.29 is 0 Å². The van der Waals surface area contributed by atoms with Gasteiger partial charge in [-0.15, -0.1) is 6.58 Å². The number of rotatable bonds is 4. The highest BCUT2D eigenvalue weighted by Gasteiger charge is 2.21. The molecule has 0 heterocycles. The summed E-state index contributed by atoms with van der Waals surface area (Å²) in [5.74, 6) is 2.38. The van der Waals surface area contributed by atoms with Gasteiger partial charge in [0.2, 0.25) is 0 Å². The van der Waals surface area contributed by atoms with E-state index in [-0.39, 0.29) is 0 Å². The zero-order chi connectivity index (χ0) is 17.9. The molecule has 2 aromatic carbocycles. The van der Waals surface area contributed by atoms with E-state index in [1.165, 1.54) is 68.1 Å². The lowest BCUT2D eigenvalue weighted by molar-refractivity contribution is 0.376. The molecule has 0 amide bonds. The summed E-state index contributed by atoms with van der Waals surface area (Å²) in [7, 11) is 0. The minimum absolute atomic E-state index is 0.744. The average molecular weight is 345 g/mol. The molecule has 1 unspecified atom stereocenters. The van der Waals surface area contributed by atoms with E-state index in [2.05, 4.69) is 62.0 Å². The maximum atomic E-state index is 3.97. The second-order valence-electron chi connectivity index (χ2n) is 8.47. The summed E-state index contributed by atoms with van der Waals surface area (Å²) in [6, 6.07) is 16.6. The second-order valence-corrected chi connectivity index (χ2v) is 8.47. The van der Waals surface area contributed by atoms with Crippen LogP contribution in [0.2, 0.25) is 0 Å². The second kappa shape index (κ2) is 7.82. The topological polar surface area (TPSA) is 0 Å². The largest absolute Gasteiger partial charge is 0.103 e. The monoisotopic (exact) mass is 344 g/mol. The Morgan fingerprint density at radius 3 is 2.31 bits per heavy atom. The maximum Gasteiger partial charge on any atom is -0.0162 e. The van der Waals surface area contributed by atoms with Crippen molar-refractivity contribution in [3.05, 3.63) is 71.8 Å². The molecule has 0 aromatic heterocycles. The van der Waals surface area contributed by atoms with E-state index in [1.54, 1.807) is 11.1 Å². The molecule has 0 aliphatic heterocycles. The number of hydrogen-bond donors (Lipinski definition) is 0. The third-order valence-electron chi connectivity index (χ3n) is 6.93. The highest BCUT2D eigenvalue weighted by atomic mass is 14.3. The summed E-state index contributed by atoms with van der Waals surface area (Å²) in [5, 5.41) is 0. The number of allylic oxidation sites excluding steroid dienone is 1. The quantitative estimate of drug-likeness (QED) is 0.509. The lowest BCUT2D eigenvalue weighted by Crippen LogP contribution is -2.13. The fourth-order valence-corrected chi connectivity index (χ4v) is 4.99. The first-order chi connectivity index (χ1) is 12.8. The first-order valence-corrected chi connectivity index (χ1v) is 10.6. The first kappa shape index (κ1) is 17.6. The van der Waals surface area contributed by atoms with E-state index in [1.807, 2.05) is 0 Å². The summed E-state index contributed by atoms with van der Waals surface area (Å²) in [6.45, 7) is 6.30. The van der Waals surface area contributed by atoms with E-state index in [0.717, 1.165) is 17.8 Å². The molecule has 0 radical (unpaired) electrons. The molecule has 0 N–H and O–H groups in total. The SMILES string of the molecule is C=CC1CCC(c2ccc(-c3ccc4c(c3)CCC(CC)C4)cc2)CC1. The molecule has 0 spiro atoms. The molecule has 0 heteroatoms. The summed E-state index contributed by atoms with van der Waals surface area (Å²) in [6.07, 6.45) is 12.6. The third-order valence-corrected chi connectivity index (χ3v) is 6.93. The molecule has 0 bridgehead atoms. The molecule has 26 heavy (non-hydrogen) atoms. The summed E-state index contributed by atoms with van der Waals surface area (Å²) >= 11 is 0. The fourth-order valence-electron chi connectivity index (χ4n) is 4.99. The molecular formula is C26H32. The van der Waals surface area contributed by atoms with Crippen LogP contribution in [0.15, 0.2) is 55.1 Å². The van der Waals surface area contributed by atoms with Gasteiger partial charge in [-0.25, -0.2) is 0 Å². The Morgan fingerprint density at radius 1 is 0.885 bits per heavy atom. The van der Waals surface area contributed by atoms with Gasteiger partial charge in [0, 0.05) is 0 Å². The van der Waals surface area contributed by atoms with Gasteiger partial charge in [0.15, 0.2) is 0 Å². The van der Waals surface area contributed by atoms with Gasteiger partial charge in [-0.3, -0.25) is 0 Å². The molecule has 4 rings (SSSR count). The lowest BCUT2D eigenvalue weighted by Gasteiger charge is -2.27. The van der Waals surface area contributed by atoms with Crippen LogP contribution in [0.5, 0.6) is 0 Å². The van der Waals surface area contributed by atoms with Gasteiger partial charge in [-0.1, -0.05) is 61.9 Å². The molecule has 2 aromatic rings. The van der Waals surface area contributed by atoms with E-state index in [0.29, 0.717) is 0 Å². The zero-order valence-electron chi connectivity index (χ0n) is 16.2. The summed E-state index contributed by atoms with van der Waals surface area (Å²) in [4.78, 5) is 0. The third kappa shape index (κ3) is 3.65. The Balaban J connectivity index is 1.48. The number of benzene rings is 2. The van der Waals surface area contributed by atoms with Crippen LogP contribution < -0.4 is 0 Å². The van der Waals surface area contributed by atoms with E-state index in [9.17, 15) is 0 Å². The fraction of sp³-hybridized carbons (Fsp3) is 0.462. The van der Waals surface area contributed by atoms with Crippen molar-refractivity contribution in [1.29, 1.82) is 0 Å². The van der Waals surface area contributed by atoms with Crippen molar-refractivity contribution in [2.75, 3.05) is 0 Å². The summed E-state index contributed by atoms with van der Waals surface area (Å²) < 4.78 is 0. The van der Waals surface area contributed by atoms with Crippen molar-refractivity contribution >= 4 is 0 Å². The van der Waals surface area contributed by atoms with Crippen LogP contribution in [0.4, 0.5) is 0 Å².